The van der Waals surface area contributed by atoms with Crippen LogP contribution in [0.3, 0.4) is 0 Å². The van der Waals surface area contributed by atoms with Crippen molar-refractivity contribution < 1.29 is 42.5 Å². The summed E-state index contributed by atoms with van der Waals surface area (Å²) in [5.41, 5.74) is -0.0959. The van der Waals surface area contributed by atoms with E-state index in [1.54, 1.807) is 59.1 Å². The molecule has 2 heterocycles. The maximum atomic E-state index is 13.8. The van der Waals surface area contributed by atoms with Gasteiger partial charge in [0.1, 0.15) is 35.1 Å². The van der Waals surface area contributed by atoms with Crippen LogP contribution in [0.1, 0.15) is 56.4 Å². The number of benzene rings is 2. The molecular weight excluding hydrogens is 592 g/mol. The first kappa shape index (κ1) is 34.4. The average Bonchev–Trinajstić information content (AvgIpc) is 3.73. The van der Waals surface area contributed by atoms with Crippen LogP contribution in [0.5, 0.6) is 5.75 Å². The molecule has 2 aromatic carbocycles. The molecule has 2 aliphatic rings. The molecule has 46 heavy (non-hydrogen) atoms. The largest absolute Gasteiger partial charge is 0.497 e. The highest BCUT2D eigenvalue weighted by atomic mass is 16.6. The second-order valence-electron chi connectivity index (χ2n) is 13.0. The zero-order valence-corrected chi connectivity index (χ0v) is 27.3. The molecule has 4 rings (SSSR count). The third-order valence-electron chi connectivity index (χ3n) is 7.95. The number of Topliss-reactive ketones (excluding diaryl/α,β-unsaturated/α-hetero) is 1. The summed E-state index contributed by atoms with van der Waals surface area (Å²) in [5.74, 6) is -1.28. The predicted octanol–water partition coefficient (Wildman–Crippen LogP) is 3.06. The van der Waals surface area contributed by atoms with E-state index in [1.165, 1.54) is 11.8 Å². The van der Waals surface area contributed by atoms with E-state index in [0.29, 0.717) is 18.7 Å². The van der Waals surface area contributed by atoms with Crippen LogP contribution in [0.4, 0.5) is 4.79 Å². The number of amides is 4. The number of ketones is 1. The van der Waals surface area contributed by atoms with Crippen molar-refractivity contribution in [2.75, 3.05) is 20.3 Å². The first-order valence-electron chi connectivity index (χ1n) is 15.4. The lowest BCUT2D eigenvalue weighted by molar-refractivity contribution is -0.136. The van der Waals surface area contributed by atoms with Crippen LogP contribution in [0.2, 0.25) is 0 Å². The number of nitrogens with one attached hydrogen (secondary N) is 3. The third-order valence-corrected chi connectivity index (χ3v) is 7.95. The van der Waals surface area contributed by atoms with Crippen molar-refractivity contribution in [3.8, 4) is 5.75 Å². The molecule has 2 fully saturated rings. The Balaban J connectivity index is 0.00000400. The minimum absolute atomic E-state index is 0. The van der Waals surface area contributed by atoms with E-state index >= 15 is 0 Å². The number of carbonyl (C=O) groups excluding carboxylic acids is 5. The maximum absolute atomic E-state index is 13.8. The fourth-order valence-corrected chi connectivity index (χ4v) is 5.03. The number of hydrogen-bond donors (Lipinski definition) is 3. The Bertz CT molecular complexity index is 1440. The van der Waals surface area contributed by atoms with Gasteiger partial charge in [-0.25, -0.2) is 4.79 Å². The Morgan fingerprint density at radius 3 is 2.07 bits per heavy atom. The maximum Gasteiger partial charge on any atom is 0.410 e. The van der Waals surface area contributed by atoms with Crippen LogP contribution in [0.15, 0.2) is 54.6 Å². The zero-order chi connectivity index (χ0) is 33.6. The molecule has 2 saturated heterocycles. The second-order valence-corrected chi connectivity index (χ2v) is 13.0. The molecule has 4 amide bonds. The van der Waals surface area contributed by atoms with E-state index in [9.17, 15) is 24.0 Å². The van der Waals surface area contributed by atoms with Crippen molar-refractivity contribution in [2.24, 2.45) is 0 Å². The molecule has 5 atom stereocenters. The average molecular weight is 643 g/mol. The molecule has 0 aromatic heterocycles. The van der Waals surface area contributed by atoms with Crippen LogP contribution >= 0.6 is 0 Å². The summed E-state index contributed by atoms with van der Waals surface area (Å²) in [4.78, 5) is 67.4. The minimum atomic E-state index is -1.08. The van der Waals surface area contributed by atoms with E-state index in [0.717, 1.165) is 11.1 Å². The number of methoxy groups -OCH3 is 1. The van der Waals surface area contributed by atoms with Crippen LogP contribution in [-0.4, -0.2) is 90.1 Å². The molecule has 2 aliphatic heterocycles. The molecule has 0 bridgehead atoms. The van der Waals surface area contributed by atoms with Gasteiger partial charge in [-0.3, -0.25) is 24.1 Å². The molecule has 0 spiro atoms. The highest BCUT2D eigenvalue weighted by Crippen LogP contribution is 2.29. The van der Waals surface area contributed by atoms with Gasteiger partial charge in [0.15, 0.2) is 5.78 Å². The van der Waals surface area contributed by atoms with Crippen LogP contribution in [-0.2, 0) is 41.5 Å². The van der Waals surface area contributed by atoms with Gasteiger partial charge in [-0.15, -0.1) is 0 Å². The SMILES string of the molecule is COc1ccc(C[C@H](NC(=O)[C@H](C)NC(=O)[C@@H]2CCN2C(=O)OC(C)(C)C)C(=O)N[C@@H](Cc2ccccc2)C(=O)[C@@]2(C)CO2)cc1.[HH].[HH].[HH]. The standard InChI is InChI=1S/C34H44N4O8.3H2/c1-21(35-31(42)27-16-17-38(27)32(43)46-33(2,3)4)29(40)37-26(19-23-12-14-24(44-6)15-13-23)30(41)36-25(28(39)34(5)20-45-34)18-22-10-8-7-9-11-22;;;/h7-15,21,25-27H,16-20H2,1-6H3,(H,35,42)(H,36,41)(H,37,40);3*1H/t21-,25-,26-,27-,34+;;;/m0.../s1. The van der Waals surface area contributed by atoms with E-state index in [4.69, 9.17) is 14.2 Å². The Hall–Kier alpha value is -4.45. The summed E-state index contributed by atoms with van der Waals surface area (Å²) in [6.07, 6.45) is 0.186. The zero-order valence-electron chi connectivity index (χ0n) is 27.3. The summed E-state index contributed by atoms with van der Waals surface area (Å²) in [7, 11) is 1.55. The lowest BCUT2D eigenvalue weighted by Gasteiger charge is -2.40. The van der Waals surface area contributed by atoms with Crippen molar-refractivity contribution in [1.82, 2.24) is 20.9 Å². The van der Waals surface area contributed by atoms with Gasteiger partial charge in [0.2, 0.25) is 17.7 Å². The number of likely N-dealkylation sites (tertiary alicyclic amines) is 1. The number of ether oxygens (including phenoxy) is 3. The number of epoxide rings is 1. The fraction of sp³-hybridized carbons (Fsp3) is 0.500. The summed E-state index contributed by atoms with van der Waals surface area (Å²) < 4.78 is 16.0. The number of carbonyl (C=O) groups is 5. The normalized spacial score (nSPS) is 20.7. The van der Waals surface area contributed by atoms with Gasteiger partial charge < -0.3 is 30.2 Å². The Morgan fingerprint density at radius 1 is 0.935 bits per heavy atom. The topological polar surface area (TPSA) is 156 Å². The molecule has 3 N–H and O–H groups in total. The van der Waals surface area contributed by atoms with Crippen LogP contribution < -0.4 is 20.7 Å². The molecule has 0 aliphatic carbocycles. The van der Waals surface area contributed by atoms with Crippen molar-refractivity contribution in [1.29, 1.82) is 0 Å². The second kappa shape index (κ2) is 14.3. The highest BCUT2D eigenvalue weighted by molar-refractivity contribution is 5.99. The molecule has 2 aromatic rings. The van der Waals surface area contributed by atoms with Gasteiger partial charge in [-0.1, -0.05) is 42.5 Å². The van der Waals surface area contributed by atoms with Gasteiger partial charge in [-0.2, -0.15) is 0 Å². The van der Waals surface area contributed by atoms with E-state index < -0.39 is 59.2 Å². The summed E-state index contributed by atoms with van der Waals surface area (Å²) in [6.45, 7) is 9.04. The van der Waals surface area contributed by atoms with E-state index in [2.05, 4.69) is 16.0 Å². The predicted molar refractivity (Wildman–Crippen MR) is 175 cm³/mol. The molecule has 0 unspecified atom stereocenters. The van der Waals surface area contributed by atoms with E-state index in [-0.39, 0.29) is 29.5 Å². The van der Waals surface area contributed by atoms with Gasteiger partial charge in [0.05, 0.1) is 19.8 Å². The van der Waals surface area contributed by atoms with Crippen molar-refractivity contribution in [2.45, 2.75) is 89.3 Å². The van der Waals surface area contributed by atoms with E-state index in [1.807, 2.05) is 30.3 Å². The number of hydrogen-bond acceptors (Lipinski definition) is 8. The van der Waals surface area contributed by atoms with Gasteiger partial charge in [-0.05, 0) is 70.7 Å². The molecule has 0 radical (unpaired) electrons. The molecular formula is C34H50N4O8. The van der Waals surface area contributed by atoms with Crippen LogP contribution in [0, 0.1) is 0 Å². The molecule has 12 heteroatoms. The quantitative estimate of drug-likeness (QED) is 0.282. The number of nitrogens with zero attached hydrogens (tertiary/aromatic N) is 1. The Labute approximate surface area is 274 Å². The van der Waals surface area contributed by atoms with Gasteiger partial charge in [0.25, 0.3) is 0 Å². The van der Waals surface area contributed by atoms with Crippen molar-refractivity contribution in [3.05, 3.63) is 65.7 Å². The monoisotopic (exact) mass is 642 g/mol. The first-order valence-corrected chi connectivity index (χ1v) is 15.4. The molecule has 0 saturated carbocycles. The number of rotatable bonds is 13. The summed E-state index contributed by atoms with van der Waals surface area (Å²) in [5, 5.41) is 8.27. The lowest BCUT2D eigenvalue weighted by Crippen LogP contribution is -2.62. The summed E-state index contributed by atoms with van der Waals surface area (Å²) in [6, 6.07) is 12.6. The molecule has 12 nitrogen and oxygen atoms in total. The summed E-state index contributed by atoms with van der Waals surface area (Å²) >= 11 is 0. The molecule has 254 valence electrons. The van der Waals surface area contributed by atoms with Crippen molar-refractivity contribution in [3.63, 3.8) is 0 Å². The Morgan fingerprint density at radius 2 is 1.52 bits per heavy atom. The smallest absolute Gasteiger partial charge is 0.410 e. The third kappa shape index (κ3) is 9.06. The van der Waals surface area contributed by atoms with Gasteiger partial charge in [0, 0.05) is 17.2 Å². The Kier molecular flexibility index (Phi) is 10.7. The minimum Gasteiger partial charge on any atom is -0.497 e. The van der Waals surface area contributed by atoms with Crippen molar-refractivity contribution >= 4 is 29.6 Å². The lowest BCUT2D eigenvalue weighted by atomic mass is 9.94. The first-order chi connectivity index (χ1) is 21.7. The van der Waals surface area contributed by atoms with Crippen LogP contribution in [0.25, 0.3) is 0 Å². The van der Waals surface area contributed by atoms with Gasteiger partial charge >= 0.3 is 6.09 Å². The highest BCUT2D eigenvalue weighted by Gasteiger charge is 2.50. The fourth-order valence-electron chi connectivity index (χ4n) is 5.03.